The molecule has 1 saturated heterocycles. The lowest BCUT2D eigenvalue weighted by Gasteiger charge is -2.34. The largest absolute Gasteiger partial charge is 0.325 e. The minimum absolute atomic E-state index is 0.136. The molecule has 1 aliphatic heterocycles. The van der Waals surface area contributed by atoms with Gasteiger partial charge in [-0.1, -0.05) is 18.1 Å². The van der Waals surface area contributed by atoms with Crippen LogP contribution in [0, 0.1) is 24.7 Å². The third-order valence-electron chi connectivity index (χ3n) is 7.07. The summed E-state index contributed by atoms with van der Waals surface area (Å²) in [5, 5.41) is 2.57. The highest BCUT2D eigenvalue weighted by Gasteiger charge is 2.55. The van der Waals surface area contributed by atoms with Crippen LogP contribution in [-0.2, 0) is 9.59 Å². The number of carbonyl (C=O) groups excluding carboxylic acids is 3. The number of hydrogen-bond donors (Lipinski definition) is 1. The number of carbonyl (C=O) groups is 3. The third-order valence-corrected chi connectivity index (χ3v) is 7.07. The summed E-state index contributed by atoms with van der Waals surface area (Å²) in [6, 6.07) is 2.98. The molecule has 1 atom stereocenters. The van der Waals surface area contributed by atoms with Gasteiger partial charge in [-0.15, -0.1) is 0 Å². The molecule has 1 N–H and O–H groups in total. The van der Waals surface area contributed by atoms with E-state index in [0.717, 1.165) is 21.9 Å². The van der Waals surface area contributed by atoms with E-state index in [1.54, 1.807) is 19.1 Å². The Hall–Kier alpha value is -3.87. The Kier molecular flexibility index (Phi) is 5.74. The zero-order chi connectivity index (χ0) is 25.7. The molecule has 1 unspecified atom stereocenters. The molecule has 0 radical (unpaired) electrons. The first kappa shape index (κ1) is 23.9. The number of fused-ring (bicyclic) bond motifs is 1. The number of imidazole rings is 1. The van der Waals surface area contributed by atoms with Crippen LogP contribution in [0.25, 0.3) is 16.9 Å². The number of rotatable bonds is 4. The van der Waals surface area contributed by atoms with Crippen molar-refractivity contribution >= 4 is 34.6 Å². The van der Waals surface area contributed by atoms with Crippen molar-refractivity contribution in [3.63, 3.8) is 0 Å². The zero-order valence-electron chi connectivity index (χ0n) is 20.0. The van der Waals surface area contributed by atoms with Crippen LogP contribution < -0.4 is 5.32 Å². The standard InChI is InChI=1S/C26H25F2N5O3/c1-3-4-18-7-10-20-22(30-18)33(16(2)29-20)19-8-5-17(6-9-19)21(34)15-32-23(35)25(31-24(32)36)11-13-26(27,28)14-12-25/h5,7-10,17H,6,11-15H2,1-2H3,(H,31,36). The highest BCUT2D eigenvalue weighted by Crippen LogP contribution is 2.41. The average molecular weight is 494 g/mol. The minimum atomic E-state index is -2.84. The molecule has 2 aromatic heterocycles. The molecular weight excluding hydrogens is 468 g/mol. The Morgan fingerprint density at radius 3 is 2.61 bits per heavy atom. The summed E-state index contributed by atoms with van der Waals surface area (Å²) in [6.45, 7) is 3.22. The van der Waals surface area contributed by atoms with Gasteiger partial charge in [-0.3, -0.25) is 19.1 Å². The molecule has 3 amide bonds. The van der Waals surface area contributed by atoms with Gasteiger partial charge in [0.25, 0.3) is 5.91 Å². The number of aromatic nitrogens is 3. The van der Waals surface area contributed by atoms with Crippen LogP contribution in [0.15, 0.2) is 30.4 Å². The predicted molar refractivity (Wildman–Crippen MR) is 128 cm³/mol. The number of hydrogen-bond acceptors (Lipinski definition) is 5. The molecule has 3 aliphatic rings. The Balaban J connectivity index is 1.29. The highest BCUT2D eigenvalue weighted by atomic mass is 19.3. The number of alkyl halides is 2. The molecule has 186 valence electrons. The number of ketones is 1. The second-order valence-corrected chi connectivity index (χ2v) is 9.46. The maximum atomic E-state index is 13.6. The van der Waals surface area contributed by atoms with Gasteiger partial charge in [0.05, 0.1) is 6.54 Å². The monoisotopic (exact) mass is 493 g/mol. The molecule has 0 aromatic carbocycles. The van der Waals surface area contributed by atoms with E-state index >= 15 is 0 Å². The van der Waals surface area contributed by atoms with E-state index in [2.05, 4.69) is 27.1 Å². The van der Waals surface area contributed by atoms with E-state index in [-0.39, 0.29) is 18.6 Å². The molecular formula is C26H25F2N5O3. The van der Waals surface area contributed by atoms with Crippen molar-refractivity contribution in [3.05, 3.63) is 41.9 Å². The van der Waals surface area contributed by atoms with Gasteiger partial charge in [0.2, 0.25) is 5.92 Å². The fraction of sp³-hybridized carbons (Fsp3) is 0.423. The van der Waals surface area contributed by atoms with Gasteiger partial charge in [-0.25, -0.2) is 23.5 Å². The van der Waals surface area contributed by atoms with Gasteiger partial charge >= 0.3 is 6.03 Å². The van der Waals surface area contributed by atoms with Gasteiger partial charge < -0.3 is 5.32 Å². The number of nitrogens with zero attached hydrogens (tertiary/aromatic N) is 4. The Labute approximate surface area is 206 Å². The quantitative estimate of drug-likeness (QED) is 0.519. The van der Waals surface area contributed by atoms with Crippen molar-refractivity contribution in [1.82, 2.24) is 24.8 Å². The number of halogens is 2. The van der Waals surface area contributed by atoms with E-state index < -0.39 is 48.7 Å². The molecule has 8 nitrogen and oxygen atoms in total. The second kappa shape index (κ2) is 8.66. The smallest absolute Gasteiger partial charge is 0.323 e. The van der Waals surface area contributed by atoms with Gasteiger partial charge in [-0.2, -0.15) is 0 Å². The topological polar surface area (TPSA) is 97.2 Å². The zero-order valence-corrected chi connectivity index (χ0v) is 20.0. The first-order valence-electron chi connectivity index (χ1n) is 11.8. The summed E-state index contributed by atoms with van der Waals surface area (Å²) in [6.07, 6.45) is 4.61. The fourth-order valence-corrected chi connectivity index (χ4v) is 5.07. The van der Waals surface area contributed by atoms with Gasteiger partial charge in [0.15, 0.2) is 11.4 Å². The third kappa shape index (κ3) is 4.08. The van der Waals surface area contributed by atoms with E-state index in [0.29, 0.717) is 17.8 Å². The molecule has 3 heterocycles. The lowest BCUT2D eigenvalue weighted by molar-refractivity contribution is -0.138. The van der Waals surface area contributed by atoms with Crippen LogP contribution in [0.5, 0.6) is 0 Å². The van der Waals surface area contributed by atoms with Crippen LogP contribution in [-0.4, -0.2) is 55.2 Å². The second-order valence-electron chi connectivity index (χ2n) is 9.46. The summed E-state index contributed by atoms with van der Waals surface area (Å²) >= 11 is 0. The summed E-state index contributed by atoms with van der Waals surface area (Å²) in [7, 11) is 0. The molecule has 0 bridgehead atoms. The lowest BCUT2D eigenvalue weighted by Crippen LogP contribution is -2.51. The van der Waals surface area contributed by atoms with Crippen LogP contribution in [0.1, 0.15) is 50.5 Å². The summed E-state index contributed by atoms with van der Waals surface area (Å²) in [4.78, 5) is 48.4. The van der Waals surface area contributed by atoms with E-state index in [4.69, 9.17) is 0 Å². The first-order chi connectivity index (χ1) is 17.1. The molecule has 1 spiro atoms. The fourth-order valence-electron chi connectivity index (χ4n) is 5.07. The van der Waals surface area contributed by atoms with Crippen LogP contribution in [0.3, 0.4) is 0 Å². The van der Waals surface area contributed by atoms with Crippen LogP contribution in [0.4, 0.5) is 13.6 Å². The normalized spacial score (nSPS) is 22.4. The minimum Gasteiger partial charge on any atom is -0.323 e. The molecule has 2 aromatic rings. The maximum absolute atomic E-state index is 13.6. The van der Waals surface area contributed by atoms with Crippen molar-refractivity contribution in [2.24, 2.45) is 5.92 Å². The van der Waals surface area contributed by atoms with Crippen LogP contribution in [0.2, 0.25) is 0 Å². The van der Waals surface area contributed by atoms with Crippen molar-refractivity contribution in [2.45, 2.75) is 57.4 Å². The molecule has 10 heteroatoms. The Bertz CT molecular complexity index is 1400. The number of aryl methyl sites for hydroxylation is 1. The summed E-state index contributed by atoms with van der Waals surface area (Å²) in [5.41, 5.74) is 1.51. The summed E-state index contributed by atoms with van der Waals surface area (Å²) < 4.78 is 29.1. The molecule has 2 fully saturated rings. The van der Waals surface area contributed by atoms with Crippen molar-refractivity contribution in [3.8, 4) is 11.8 Å². The van der Waals surface area contributed by atoms with Gasteiger partial charge in [0.1, 0.15) is 22.6 Å². The van der Waals surface area contributed by atoms with Crippen molar-refractivity contribution < 1.29 is 23.2 Å². The van der Waals surface area contributed by atoms with E-state index in [9.17, 15) is 23.2 Å². The summed E-state index contributed by atoms with van der Waals surface area (Å²) in [5.74, 6) is 2.26. The van der Waals surface area contributed by atoms with E-state index in [1.165, 1.54) is 0 Å². The number of nitrogens with one attached hydrogen (secondary N) is 1. The number of urea groups is 1. The Morgan fingerprint density at radius 2 is 1.94 bits per heavy atom. The number of amides is 3. The van der Waals surface area contributed by atoms with Gasteiger partial charge in [-0.05, 0) is 57.2 Å². The van der Waals surface area contributed by atoms with Crippen LogP contribution >= 0.6 is 0 Å². The van der Waals surface area contributed by atoms with Crippen molar-refractivity contribution in [1.29, 1.82) is 0 Å². The number of pyridine rings is 1. The molecule has 2 aliphatic carbocycles. The molecule has 36 heavy (non-hydrogen) atoms. The number of Topliss-reactive ketones (excluding diaryl/α,β-unsaturated/α-hetero) is 1. The highest BCUT2D eigenvalue weighted by molar-refractivity contribution is 6.09. The predicted octanol–water partition coefficient (Wildman–Crippen LogP) is 3.60. The number of imide groups is 1. The van der Waals surface area contributed by atoms with E-state index in [1.807, 2.05) is 29.7 Å². The number of allylic oxidation sites excluding steroid dienone is 4. The van der Waals surface area contributed by atoms with Crippen molar-refractivity contribution in [2.75, 3.05) is 6.54 Å². The SMILES string of the molecule is CC#Cc1ccc2nc(C)n(C3=CCC(C(=O)CN4C(=O)NC5(CCC(F)(F)CC5)C4=O)C=C3)c2n1. The molecule has 5 rings (SSSR count). The maximum Gasteiger partial charge on any atom is 0.325 e. The van der Waals surface area contributed by atoms with Gasteiger partial charge in [0, 0.05) is 24.5 Å². The lowest BCUT2D eigenvalue weighted by atomic mass is 9.80. The molecule has 1 saturated carbocycles. The Morgan fingerprint density at radius 1 is 1.19 bits per heavy atom. The first-order valence-corrected chi connectivity index (χ1v) is 11.8. The average Bonchev–Trinajstić information content (AvgIpc) is 3.29.